The molecular weight excluding hydrogens is 430 g/mol. The number of ether oxygens (including phenoxy) is 1. The summed E-state index contributed by atoms with van der Waals surface area (Å²) in [5.74, 6) is -0.0664. The van der Waals surface area contributed by atoms with Crippen LogP contribution in [0.1, 0.15) is 31.4 Å². The molecule has 34 heavy (non-hydrogen) atoms. The zero-order valence-corrected chi connectivity index (χ0v) is 19.6. The first-order chi connectivity index (χ1) is 16.3. The Balaban J connectivity index is 1.41. The van der Waals surface area contributed by atoms with Gasteiger partial charge in [0.2, 0.25) is 5.91 Å². The molecule has 4 amide bonds. The standard InChI is InChI=1S/C27H29N3O4/c1-18(9-10-19-7-5-4-6-8-19)28-24(31)17-30-25(32)27(2,29-26(30)33)22-13-11-21-16-23(34-3)14-12-20(21)15-22/h4-8,11-16,18H,9-10,17H2,1-3H3,(H,28,31)(H,29,33)/t18-,27+/m1/s1. The topological polar surface area (TPSA) is 87.7 Å². The summed E-state index contributed by atoms with van der Waals surface area (Å²) in [4.78, 5) is 39.5. The second-order valence-electron chi connectivity index (χ2n) is 8.87. The number of aryl methyl sites for hydroxylation is 1. The number of urea groups is 1. The lowest BCUT2D eigenvalue weighted by atomic mass is 9.90. The molecule has 176 valence electrons. The molecule has 0 aromatic heterocycles. The second-order valence-corrected chi connectivity index (χ2v) is 8.87. The van der Waals surface area contributed by atoms with E-state index in [-0.39, 0.29) is 18.5 Å². The summed E-state index contributed by atoms with van der Waals surface area (Å²) in [6, 6.07) is 20.6. The summed E-state index contributed by atoms with van der Waals surface area (Å²) in [7, 11) is 1.61. The Hall–Kier alpha value is -3.87. The summed E-state index contributed by atoms with van der Waals surface area (Å²) < 4.78 is 5.26. The number of hydrogen-bond acceptors (Lipinski definition) is 4. The molecule has 2 atom stereocenters. The van der Waals surface area contributed by atoms with Gasteiger partial charge >= 0.3 is 6.03 Å². The van der Waals surface area contributed by atoms with Gasteiger partial charge in [0, 0.05) is 6.04 Å². The third kappa shape index (κ3) is 4.73. The molecule has 0 saturated carbocycles. The van der Waals surface area contributed by atoms with Crippen LogP contribution in [0.15, 0.2) is 66.7 Å². The molecule has 1 aliphatic rings. The second kappa shape index (κ2) is 9.55. The van der Waals surface area contributed by atoms with E-state index in [1.54, 1.807) is 14.0 Å². The first-order valence-electron chi connectivity index (χ1n) is 11.4. The van der Waals surface area contributed by atoms with Crippen molar-refractivity contribution in [1.82, 2.24) is 15.5 Å². The van der Waals surface area contributed by atoms with Crippen LogP contribution < -0.4 is 15.4 Å². The number of rotatable bonds is 8. The lowest BCUT2D eigenvalue weighted by Gasteiger charge is -2.23. The molecule has 1 fully saturated rings. The highest BCUT2D eigenvalue weighted by atomic mass is 16.5. The largest absolute Gasteiger partial charge is 0.497 e. The van der Waals surface area contributed by atoms with Gasteiger partial charge in [0.05, 0.1) is 7.11 Å². The number of amides is 4. The Labute approximate surface area is 199 Å². The average molecular weight is 460 g/mol. The van der Waals surface area contributed by atoms with E-state index in [1.165, 1.54) is 5.56 Å². The molecule has 4 rings (SSSR count). The fourth-order valence-corrected chi connectivity index (χ4v) is 4.26. The Kier molecular flexibility index (Phi) is 6.54. The summed E-state index contributed by atoms with van der Waals surface area (Å²) >= 11 is 0. The van der Waals surface area contributed by atoms with Crippen molar-refractivity contribution in [3.63, 3.8) is 0 Å². The zero-order chi connectivity index (χ0) is 24.3. The van der Waals surface area contributed by atoms with Gasteiger partial charge in [-0.25, -0.2) is 4.79 Å². The first-order valence-corrected chi connectivity index (χ1v) is 11.4. The molecule has 1 heterocycles. The minimum absolute atomic E-state index is 0.0858. The third-order valence-corrected chi connectivity index (χ3v) is 6.32. The van der Waals surface area contributed by atoms with E-state index < -0.39 is 17.5 Å². The van der Waals surface area contributed by atoms with E-state index in [9.17, 15) is 14.4 Å². The number of nitrogens with one attached hydrogen (secondary N) is 2. The normalized spacial score (nSPS) is 18.6. The van der Waals surface area contributed by atoms with E-state index >= 15 is 0 Å². The molecule has 3 aromatic carbocycles. The Bertz CT molecular complexity index is 1230. The predicted molar refractivity (Wildman–Crippen MR) is 130 cm³/mol. The maximum Gasteiger partial charge on any atom is 0.325 e. The van der Waals surface area contributed by atoms with Gasteiger partial charge in [-0.2, -0.15) is 0 Å². The fourth-order valence-electron chi connectivity index (χ4n) is 4.26. The van der Waals surface area contributed by atoms with E-state index in [4.69, 9.17) is 4.74 Å². The van der Waals surface area contributed by atoms with Gasteiger partial charge in [0.15, 0.2) is 0 Å². The van der Waals surface area contributed by atoms with E-state index in [2.05, 4.69) is 10.6 Å². The molecule has 7 nitrogen and oxygen atoms in total. The number of methoxy groups -OCH3 is 1. The molecule has 7 heteroatoms. The van der Waals surface area contributed by atoms with Crippen LogP contribution in [0.5, 0.6) is 5.75 Å². The molecule has 1 aliphatic heterocycles. The molecule has 0 radical (unpaired) electrons. The SMILES string of the molecule is COc1ccc2cc([C@]3(C)NC(=O)N(CC(=O)N[C@H](C)CCc4ccccc4)C3=O)ccc2c1. The monoisotopic (exact) mass is 459 g/mol. The van der Waals surface area contributed by atoms with Crippen molar-refractivity contribution in [2.24, 2.45) is 0 Å². The number of carbonyl (C=O) groups is 3. The van der Waals surface area contributed by atoms with Crippen LogP contribution in [0.4, 0.5) is 4.79 Å². The molecular formula is C27H29N3O4. The molecule has 0 bridgehead atoms. The van der Waals surface area contributed by atoms with Crippen LogP contribution in [0.25, 0.3) is 10.8 Å². The van der Waals surface area contributed by atoms with Gasteiger partial charge in [0.25, 0.3) is 5.91 Å². The number of carbonyl (C=O) groups excluding carboxylic acids is 3. The van der Waals surface area contributed by atoms with E-state index in [0.29, 0.717) is 5.56 Å². The van der Waals surface area contributed by atoms with Crippen molar-refractivity contribution < 1.29 is 19.1 Å². The highest BCUT2D eigenvalue weighted by Gasteiger charge is 2.49. The van der Waals surface area contributed by atoms with Crippen LogP contribution in [0.2, 0.25) is 0 Å². The number of imide groups is 1. The highest BCUT2D eigenvalue weighted by Crippen LogP contribution is 2.32. The summed E-state index contributed by atoms with van der Waals surface area (Å²) in [5.41, 5.74) is 0.606. The first kappa shape index (κ1) is 23.3. The molecule has 0 spiro atoms. The summed E-state index contributed by atoms with van der Waals surface area (Å²) in [5, 5.41) is 7.55. The minimum atomic E-state index is -1.25. The minimum Gasteiger partial charge on any atom is -0.497 e. The van der Waals surface area contributed by atoms with Crippen molar-refractivity contribution in [3.05, 3.63) is 77.9 Å². The number of fused-ring (bicyclic) bond motifs is 1. The Morgan fingerprint density at radius 2 is 1.76 bits per heavy atom. The molecule has 1 saturated heterocycles. The van der Waals surface area contributed by atoms with Gasteiger partial charge in [-0.1, -0.05) is 48.5 Å². The van der Waals surface area contributed by atoms with Gasteiger partial charge in [-0.3, -0.25) is 14.5 Å². The quantitative estimate of drug-likeness (QED) is 0.502. The maximum atomic E-state index is 13.2. The molecule has 2 N–H and O–H groups in total. The van der Waals surface area contributed by atoms with Crippen LogP contribution in [-0.4, -0.2) is 42.4 Å². The Morgan fingerprint density at radius 1 is 1.06 bits per heavy atom. The van der Waals surface area contributed by atoms with Gasteiger partial charge in [-0.05, 0) is 66.8 Å². The zero-order valence-electron chi connectivity index (χ0n) is 19.6. The van der Waals surface area contributed by atoms with Crippen LogP contribution in [0.3, 0.4) is 0 Å². The molecule has 3 aromatic rings. The smallest absolute Gasteiger partial charge is 0.325 e. The highest BCUT2D eigenvalue weighted by molar-refractivity contribution is 6.09. The van der Waals surface area contributed by atoms with E-state index in [1.807, 2.05) is 73.7 Å². The van der Waals surface area contributed by atoms with Crippen molar-refractivity contribution in [2.45, 2.75) is 38.3 Å². The Morgan fingerprint density at radius 3 is 2.50 bits per heavy atom. The summed E-state index contributed by atoms with van der Waals surface area (Å²) in [6.45, 7) is 3.26. The maximum absolute atomic E-state index is 13.2. The van der Waals surface area contributed by atoms with Crippen molar-refractivity contribution in [2.75, 3.05) is 13.7 Å². The fraction of sp³-hybridized carbons (Fsp3) is 0.296. The number of nitrogens with zero attached hydrogens (tertiary/aromatic N) is 1. The van der Waals surface area contributed by atoms with Crippen LogP contribution >= 0.6 is 0 Å². The van der Waals surface area contributed by atoms with Crippen molar-refractivity contribution in [1.29, 1.82) is 0 Å². The van der Waals surface area contributed by atoms with Gasteiger partial charge in [0.1, 0.15) is 17.8 Å². The van der Waals surface area contributed by atoms with Crippen molar-refractivity contribution >= 4 is 28.6 Å². The lowest BCUT2D eigenvalue weighted by Crippen LogP contribution is -2.45. The predicted octanol–water partition coefficient (Wildman–Crippen LogP) is 3.75. The van der Waals surface area contributed by atoms with Gasteiger partial charge < -0.3 is 15.4 Å². The van der Waals surface area contributed by atoms with E-state index in [0.717, 1.165) is 34.3 Å². The van der Waals surface area contributed by atoms with Crippen molar-refractivity contribution in [3.8, 4) is 5.75 Å². The molecule has 0 aliphatic carbocycles. The number of benzene rings is 3. The van der Waals surface area contributed by atoms with Crippen LogP contribution in [0, 0.1) is 0 Å². The number of hydrogen-bond donors (Lipinski definition) is 2. The molecule has 0 unspecified atom stereocenters. The van der Waals surface area contributed by atoms with Gasteiger partial charge in [-0.15, -0.1) is 0 Å². The third-order valence-electron chi connectivity index (χ3n) is 6.32. The average Bonchev–Trinajstić information content (AvgIpc) is 3.06. The van der Waals surface area contributed by atoms with Crippen LogP contribution in [-0.2, 0) is 21.5 Å². The summed E-state index contributed by atoms with van der Waals surface area (Å²) in [6.07, 6.45) is 1.59. The lowest BCUT2D eigenvalue weighted by molar-refractivity contribution is -0.135.